The van der Waals surface area contributed by atoms with Crippen LogP contribution < -0.4 is 10.6 Å². The smallest absolute Gasteiger partial charge is 0.324 e. The third kappa shape index (κ3) is 4.39. The molecule has 132 valence electrons. The van der Waals surface area contributed by atoms with Crippen molar-refractivity contribution in [1.82, 2.24) is 4.90 Å². The first-order chi connectivity index (χ1) is 12.2. The van der Waals surface area contributed by atoms with Gasteiger partial charge >= 0.3 is 6.03 Å². The van der Waals surface area contributed by atoms with Gasteiger partial charge in [0, 0.05) is 18.3 Å². The molecule has 0 aliphatic carbocycles. The SMILES string of the molecule is CCC1CCCCN1C(=O)c1ccc(NC(=O)Nc2ccccc2)s1. The van der Waals surface area contributed by atoms with Gasteiger partial charge in [-0.15, -0.1) is 11.3 Å². The normalized spacial score (nSPS) is 17.2. The lowest BCUT2D eigenvalue weighted by Gasteiger charge is -2.35. The minimum atomic E-state index is -0.309. The number of carbonyl (C=O) groups is 2. The Morgan fingerprint density at radius 3 is 2.68 bits per heavy atom. The summed E-state index contributed by atoms with van der Waals surface area (Å²) in [4.78, 5) is 27.5. The zero-order valence-electron chi connectivity index (χ0n) is 14.3. The first-order valence-corrected chi connectivity index (χ1v) is 9.53. The molecular formula is C19H23N3O2S. The second-order valence-corrected chi connectivity index (χ2v) is 7.25. The van der Waals surface area contributed by atoms with Gasteiger partial charge in [-0.25, -0.2) is 4.79 Å². The molecule has 1 fully saturated rings. The predicted molar refractivity (Wildman–Crippen MR) is 102 cm³/mol. The van der Waals surface area contributed by atoms with Crippen LogP contribution in [-0.4, -0.2) is 29.4 Å². The number of thiophene rings is 1. The summed E-state index contributed by atoms with van der Waals surface area (Å²) in [6.07, 6.45) is 4.33. The van der Waals surface area contributed by atoms with E-state index in [4.69, 9.17) is 0 Å². The van der Waals surface area contributed by atoms with Gasteiger partial charge in [0.05, 0.1) is 9.88 Å². The van der Waals surface area contributed by atoms with Crippen molar-refractivity contribution in [2.24, 2.45) is 0 Å². The van der Waals surface area contributed by atoms with E-state index in [1.807, 2.05) is 35.2 Å². The van der Waals surface area contributed by atoms with E-state index in [9.17, 15) is 9.59 Å². The number of rotatable bonds is 4. The summed E-state index contributed by atoms with van der Waals surface area (Å²) in [5, 5.41) is 6.23. The number of amides is 3. The molecule has 1 saturated heterocycles. The van der Waals surface area contributed by atoms with Crippen LogP contribution in [0.4, 0.5) is 15.5 Å². The van der Waals surface area contributed by atoms with Gasteiger partial charge in [0.25, 0.3) is 5.91 Å². The van der Waals surface area contributed by atoms with E-state index in [-0.39, 0.29) is 11.9 Å². The molecule has 6 heteroatoms. The highest BCUT2D eigenvalue weighted by Gasteiger charge is 2.27. The fourth-order valence-electron chi connectivity index (χ4n) is 3.15. The molecule has 2 heterocycles. The summed E-state index contributed by atoms with van der Waals surface area (Å²) >= 11 is 1.32. The van der Waals surface area contributed by atoms with Gasteiger partial charge in [-0.2, -0.15) is 0 Å². The number of benzene rings is 1. The van der Waals surface area contributed by atoms with Crippen molar-refractivity contribution in [2.45, 2.75) is 38.6 Å². The highest BCUT2D eigenvalue weighted by molar-refractivity contribution is 7.18. The van der Waals surface area contributed by atoms with Gasteiger partial charge in [-0.05, 0) is 49.9 Å². The molecule has 5 nitrogen and oxygen atoms in total. The van der Waals surface area contributed by atoms with Crippen LogP contribution in [0.5, 0.6) is 0 Å². The Morgan fingerprint density at radius 2 is 1.92 bits per heavy atom. The van der Waals surface area contributed by atoms with Crippen LogP contribution in [0.15, 0.2) is 42.5 Å². The standard InChI is InChI=1S/C19H23N3O2S/c1-2-15-10-6-7-13-22(15)18(23)16-11-12-17(25-16)21-19(24)20-14-8-4-3-5-9-14/h3-5,8-9,11-12,15H,2,6-7,10,13H2,1H3,(H2,20,21,24). The highest BCUT2D eigenvalue weighted by Crippen LogP contribution is 2.27. The Bertz CT molecular complexity index is 729. The summed E-state index contributed by atoms with van der Waals surface area (Å²) in [7, 11) is 0. The molecule has 25 heavy (non-hydrogen) atoms. The number of likely N-dealkylation sites (tertiary alicyclic amines) is 1. The first kappa shape index (κ1) is 17.5. The van der Waals surface area contributed by atoms with Gasteiger partial charge in [0.15, 0.2) is 0 Å². The Hall–Kier alpha value is -2.34. The minimum absolute atomic E-state index is 0.0769. The van der Waals surface area contributed by atoms with Crippen molar-refractivity contribution >= 4 is 34.0 Å². The second kappa shape index (κ2) is 8.16. The third-order valence-electron chi connectivity index (χ3n) is 4.44. The summed E-state index contributed by atoms with van der Waals surface area (Å²) in [6, 6.07) is 12.9. The van der Waals surface area contributed by atoms with E-state index >= 15 is 0 Å². The van der Waals surface area contributed by atoms with E-state index in [0.29, 0.717) is 15.9 Å². The molecule has 2 N–H and O–H groups in total. The van der Waals surface area contributed by atoms with Crippen LogP contribution in [0, 0.1) is 0 Å². The average Bonchev–Trinajstić information content (AvgIpc) is 3.10. The molecule has 1 atom stereocenters. The third-order valence-corrected chi connectivity index (χ3v) is 5.43. The number of nitrogens with zero attached hydrogens (tertiary/aromatic N) is 1. The van der Waals surface area contributed by atoms with E-state index in [0.717, 1.165) is 31.5 Å². The first-order valence-electron chi connectivity index (χ1n) is 8.71. The van der Waals surface area contributed by atoms with Crippen LogP contribution in [0.1, 0.15) is 42.3 Å². The predicted octanol–water partition coefficient (Wildman–Crippen LogP) is 4.80. The lowest BCUT2D eigenvalue weighted by Crippen LogP contribution is -2.43. The number of carbonyl (C=O) groups excluding carboxylic acids is 2. The Balaban J connectivity index is 1.61. The van der Waals surface area contributed by atoms with Crippen molar-refractivity contribution in [3.8, 4) is 0 Å². The molecule has 0 saturated carbocycles. The summed E-state index contributed by atoms with van der Waals surface area (Å²) in [5.74, 6) is 0.0769. The van der Waals surface area contributed by atoms with Gasteiger partial charge in [0.1, 0.15) is 0 Å². The Morgan fingerprint density at radius 1 is 1.12 bits per heavy atom. The number of piperidine rings is 1. The maximum atomic E-state index is 12.8. The number of nitrogens with one attached hydrogen (secondary N) is 2. The van der Waals surface area contributed by atoms with Crippen molar-refractivity contribution in [3.05, 3.63) is 47.3 Å². The molecule has 2 aromatic rings. The van der Waals surface area contributed by atoms with E-state index < -0.39 is 0 Å². The molecular weight excluding hydrogens is 334 g/mol. The lowest BCUT2D eigenvalue weighted by atomic mass is 10.00. The van der Waals surface area contributed by atoms with Crippen molar-refractivity contribution in [1.29, 1.82) is 0 Å². The van der Waals surface area contributed by atoms with Crippen LogP contribution in [0.2, 0.25) is 0 Å². The number of hydrogen-bond acceptors (Lipinski definition) is 3. The van der Waals surface area contributed by atoms with Crippen LogP contribution in [-0.2, 0) is 0 Å². The van der Waals surface area contributed by atoms with Gasteiger partial charge in [-0.1, -0.05) is 25.1 Å². The van der Waals surface area contributed by atoms with Crippen molar-refractivity contribution in [3.63, 3.8) is 0 Å². The largest absolute Gasteiger partial charge is 0.335 e. The zero-order valence-corrected chi connectivity index (χ0v) is 15.1. The Kier molecular flexibility index (Phi) is 5.71. The molecule has 1 aromatic carbocycles. The van der Waals surface area contributed by atoms with Gasteiger partial charge in [0.2, 0.25) is 0 Å². The fourth-order valence-corrected chi connectivity index (χ4v) is 4.01. The second-order valence-electron chi connectivity index (χ2n) is 6.17. The molecule has 0 bridgehead atoms. The molecule has 1 aliphatic rings. The molecule has 0 radical (unpaired) electrons. The molecule has 1 aliphatic heterocycles. The van der Waals surface area contributed by atoms with Crippen molar-refractivity contribution in [2.75, 3.05) is 17.2 Å². The van der Waals surface area contributed by atoms with Crippen LogP contribution in [0.25, 0.3) is 0 Å². The minimum Gasteiger partial charge on any atom is -0.335 e. The van der Waals surface area contributed by atoms with E-state index in [1.165, 1.54) is 17.8 Å². The topological polar surface area (TPSA) is 61.4 Å². The monoisotopic (exact) mass is 357 g/mol. The molecule has 3 amide bonds. The van der Waals surface area contributed by atoms with Crippen LogP contribution in [0.3, 0.4) is 0 Å². The fraction of sp³-hybridized carbons (Fsp3) is 0.368. The molecule has 0 spiro atoms. The summed E-state index contributed by atoms with van der Waals surface area (Å²) in [6.45, 7) is 2.96. The lowest BCUT2D eigenvalue weighted by molar-refractivity contribution is 0.0613. The molecule has 3 rings (SSSR count). The van der Waals surface area contributed by atoms with Gasteiger partial charge in [-0.3, -0.25) is 10.1 Å². The molecule has 1 unspecified atom stereocenters. The average molecular weight is 357 g/mol. The summed E-state index contributed by atoms with van der Waals surface area (Å²) in [5.41, 5.74) is 0.729. The number of urea groups is 1. The number of para-hydroxylation sites is 1. The maximum absolute atomic E-state index is 12.8. The van der Waals surface area contributed by atoms with Crippen LogP contribution >= 0.6 is 11.3 Å². The van der Waals surface area contributed by atoms with E-state index in [2.05, 4.69) is 17.6 Å². The quantitative estimate of drug-likeness (QED) is 0.826. The number of anilines is 2. The Labute approximate surface area is 152 Å². The summed E-state index contributed by atoms with van der Waals surface area (Å²) < 4.78 is 0. The highest BCUT2D eigenvalue weighted by atomic mass is 32.1. The maximum Gasteiger partial charge on any atom is 0.324 e. The molecule has 1 aromatic heterocycles. The van der Waals surface area contributed by atoms with Gasteiger partial charge < -0.3 is 10.2 Å². The number of hydrogen-bond donors (Lipinski definition) is 2. The van der Waals surface area contributed by atoms with E-state index in [1.54, 1.807) is 12.1 Å². The van der Waals surface area contributed by atoms with Crippen molar-refractivity contribution < 1.29 is 9.59 Å². The zero-order chi connectivity index (χ0) is 17.6.